The summed E-state index contributed by atoms with van der Waals surface area (Å²) < 4.78 is 82.0. The molecule has 0 radical (unpaired) electrons. The number of nitrogens with zero attached hydrogens (tertiary/aromatic N) is 1. The van der Waals surface area contributed by atoms with Gasteiger partial charge in [0.2, 0.25) is 0 Å². The van der Waals surface area contributed by atoms with Crippen molar-refractivity contribution in [1.29, 1.82) is 0 Å². The lowest BCUT2D eigenvalue weighted by atomic mass is 10.0. The highest BCUT2D eigenvalue weighted by molar-refractivity contribution is 7.90. The minimum absolute atomic E-state index is 0.0938. The largest absolute Gasteiger partial charge is 0.416 e. The maximum absolute atomic E-state index is 15.7. The number of carbonyl (C=O) groups excluding carboxylic acids is 1. The topological polar surface area (TPSA) is 105 Å². The van der Waals surface area contributed by atoms with Crippen molar-refractivity contribution in [2.75, 3.05) is 17.0 Å². The number of carbonyl (C=O) groups is 1. The lowest BCUT2D eigenvalue weighted by Crippen LogP contribution is -2.39. The number of sulfone groups is 1. The molecule has 4 rings (SSSR count). The summed E-state index contributed by atoms with van der Waals surface area (Å²) in [5, 5.41) is 3.15. The quantitative estimate of drug-likeness (QED) is 0.163. The van der Waals surface area contributed by atoms with Crippen molar-refractivity contribution in [2.45, 2.75) is 24.2 Å². The van der Waals surface area contributed by atoms with Crippen LogP contribution in [0.2, 0.25) is 0 Å². The number of nitrogens with two attached hydrogens (primary N) is 1. The number of halogens is 4. The summed E-state index contributed by atoms with van der Waals surface area (Å²) in [6.07, 6.45) is -3.85. The fraction of sp³-hybridized carbons (Fsp3) is 0.138. The Morgan fingerprint density at radius 2 is 1.61 bits per heavy atom. The first-order valence-electron chi connectivity index (χ1n) is 12.3. The fourth-order valence-corrected chi connectivity index (χ4v) is 5.25. The summed E-state index contributed by atoms with van der Waals surface area (Å²) >= 11 is 0. The van der Waals surface area contributed by atoms with Crippen molar-refractivity contribution < 1.29 is 30.8 Å². The second-order valence-corrected chi connectivity index (χ2v) is 11.1. The summed E-state index contributed by atoms with van der Waals surface area (Å²) in [6.45, 7) is -0.400. The van der Waals surface area contributed by atoms with Gasteiger partial charge in [0.25, 0.3) is 0 Å². The Bertz CT molecular complexity index is 1660. The predicted octanol–water partition coefficient (Wildman–Crippen LogP) is 6.43. The van der Waals surface area contributed by atoms with Crippen LogP contribution >= 0.6 is 0 Å². The molecule has 0 saturated heterocycles. The Morgan fingerprint density at radius 3 is 2.27 bits per heavy atom. The molecule has 0 saturated carbocycles. The van der Waals surface area contributed by atoms with Gasteiger partial charge < -0.3 is 11.1 Å². The summed E-state index contributed by atoms with van der Waals surface area (Å²) in [5.74, 6) is -1.21. The lowest BCUT2D eigenvalue weighted by molar-refractivity contribution is -0.138. The predicted molar refractivity (Wildman–Crippen MR) is 149 cm³/mol. The number of anilines is 2. The van der Waals surface area contributed by atoms with E-state index in [0.29, 0.717) is 16.8 Å². The standard InChI is InChI=1S/C29H26F4N4O3S/c1-41(39,40)27-23(20-9-3-2-4-10-20)14-15-25(26(27)30)35-28(38)37(36-22-12-7-8-19(16-22)17-34)18-21-11-5-6-13-24(21)29(31,32)33/h2-16,36H,17-18,34H2,1H3,(H,35,38). The molecule has 7 nitrogen and oxygen atoms in total. The van der Waals surface area contributed by atoms with Crippen LogP contribution in [-0.4, -0.2) is 25.7 Å². The molecule has 12 heteroatoms. The van der Waals surface area contributed by atoms with E-state index in [0.717, 1.165) is 17.3 Å². The number of rotatable bonds is 8. The molecule has 0 aromatic heterocycles. The second kappa shape index (κ2) is 12.0. The number of benzene rings is 4. The number of alkyl halides is 3. The Morgan fingerprint density at radius 1 is 0.927 bits per heavy atom. The van der Waals surface area contributed by atoms with E-state index in [4.69, 9.17) is 5.73 Å². The first kappa shape index (κ1) is 29.6. The Labute approximate surface area is 234 Å². The second-order valence-electron chi connectivity index (χ2n) is 9.13. The van der Waals surface area contributed by atoms with Crippen molar-refractivity contribution >= 4 is 27.2 Å². The van der Waals surface area contributed by atoms with E-state index < -0.39 is 50.6 Å². The normalized spacial score (nSPS) is 11.7. The van der Waals surface area contributed by atoms with E-state index in [2.05, 4.69) is 10.7 Å². The molecule has 0 aliphatic rings. The van der Waals surface area contributed by atoms with Crippen LogP contribution in [0.4, 0.5) is 33.7 Å². The molecule has 2 amide bonds. The summed E-state index contributed by atoms with van der Waals surface area (Å²) in [7, 11) is -4.11. The molecule has 0 fully saturated rings. The zero-order valence-electron chi connectivity index (χ0n) is 21.7. The van der Waals surface area contributed by atoms with Gasteiger partial charge in [0.05, 0.1) is 23.5 Å². The zero-order valence-corrected chi connectivity index (χ0v) is 22.6. The number of amides is 2. The first-order valence-corrected chi connectivity index (χ1v) is 14.1. The third-order valence-electron chi connectivity index (χ3n) is 6.12. The minimum atomic E-state index is -4.69. The fourth-order valence-electron chi connectivity index (χ4n) is 4.23. The highest BCUT2D eigenvalue weighted by Crippen LogP contribution is 2.35. The number of hydrogen-bond acceptors (Lipinski definition) is 5. The molecule has 41 heavy (non-hydrogen) atoms. The van der Waals surface area contributed by atoms with Crippen LogP contribution in [0.5, 0.6) is 0 Å². The van der Waals surface area contributed by atoms with Crippen molar-refractivity contribution in [1.82, 2.24) is 5.01 Å². The van der Waals surface area contributed by atoms with Crippen LogP contribution in [0.1, 0.15) is 16.7 Å². The van der Waals surface area contributed by atoms with Crippen LogP contribution in [0.25, 0.3) is 11.1 Å². The van der Waals surface area contributed by atoms with E-state index in [9.17, 15) is 26.4 Å². The Balaban J connectivity index is 1.74. The van der Waals surface area contributed by atoms with Crippen molar-refractivity contribution in [3.63, 3.8) is 0 Å². The molecule has 4 aromatic carbocycles. The number of hydrogen-bond donors (Lipinski definition) is 3. The van der Waals surface area contributed by atoms with E-state index in [1.54, 1.807) is 54.6 Å². The van der Waals surface area contributed by atoms with Gasteiger partial charge in [-0.05, 0) is 41.0 Å². The van der Waals surface area contributed by atoms with E-state index in [-0.39, 0.29) is 17.7 Å². The first-order chi connectivity index (χ1) is 19.4. The minimum Gasteiger partial charge on any atom is -0.326 e. The van der Waals surface area contributed by atoms with Gasteiger partial charge in [-0.25, -0.2) is 22.6 Å². The van der Waals surface area contributed by atoms with Crippen LogP contribution in [-0.2, 0) is 29.1 Å². The molecule has 0 atom stereocenters. The van der Waals surface area contributed by atoms with E-state index in [1.165, 1.54) is 30.3 Å². The van der Waals surface area contributed by atoms with Gasteiger partial charge in [-0.2, -0.15) is 13.2 Å². The SMILES string of the molecule is CS(=O)(=O)c1c(-c2ccccc2)ccc(NC(=O)N(Cc2ccccc2C(F)(F)F)Nc2cccc(CN)c2)c1F. The molecule has 0 aliphatic heterocycles. The van der Waals surface area contributed by atoms with Crippen LogP contribution in [0, 0.1) is 5.82 Å². The van der Waals surface area contributed by atoms with Gasteiger partial charge in [0.1, 0.15) is 4.90 Å². The van der Waals surface area contributed by atoms with Crippen molar-refractivity contribution in [3.05, 3.63) is 114 Å². The van der Waals surface area contributed by atoms with Gasteiger partial charge >= 0.3 is 12.2 Å². The number of urea groups is 1. The maximum atomic E-state index is 15.7. The summed E-state index contributed by atoms with van der Waals surface area (Å²) in [4.78, 5) is 12.8. The average Bonchev–Trinajstić information content (AvgIpc) is 2.93. The maximum Gasteiger partial charge on any atom is 0.416 e. The third kappa shape index (κ3) is 7.02. The van der Waals surface area contributed by atoms with Crippen LogP contribution in [0.3, 0.4) is 0 Å². The molecule has 0 bridgehead atoms. The van der Waals surface area contributed by atoms with Crippen LogP contribution in [0.15, 0.2) is 95.9 Å². The van der Waals surface area contributed by atoms with E-state index in [1.807, 2.05) is 0 Å². The molecule has 214 valence electrons. The Kier molecular flexibility index (Phi) is 8.64. The summed E-state index contributed by atoms with van der Waals surface area (Å²) in [6, 6.07) is 21.1. The highest BCUT2D eigenvalue weighted by atomic mass is 32.2. The summed E-state index contributed by atoms with van der Waals surface area (Å²) in [5.41, 5.74) is 8.36. The van der Waals surface area contributed by atoms with Gasteiger partial charge in [-0.15, -0.1) is 0 Å². The zero-order chi connectivity index (χ0) is 29.8. The lowest BCUT2D eigenvalue weighted by Gasteiger charge is -2.27. The number of hydrazine groups is 1. The monoisotopic (exact) mass is 586 g/mol. The highest BCUT2D eigenvalue weighted by Gasteiger charge is 2.34. The number of nitrogens with one attached hydrogen (secondary N) is 2. The molecule has 0 unspecified atom stereocenters. The molecule has 0 spiro atoms. The van der Waals surface area contributed by atoms with Crippen molar-refractivity contribution in [2.24, 2.45) is 5.73 Å². The molecular weight excluding hydrogens is 560 g/mol. The van der Waals surface area contributed by atoms with Gasteiger partial charge in [0, 0.05) is 18.4 Å². The van der Waals surface area contributed by atoms with Crippen molar-refractivity contribution in [3.8, 4) is 11.1 Å². The molecular formula is C29H26F4N4O3S. The Hall–Kier alpha value is -4.42. The molecule has 0 aliphatic carbocycles. The van der Waals surface area contributed by atoms with Gasteiger partial charge in [-0.1, -0.05) is 66.7 Å². The molecule has 4 aromatic rings. The van der Waals surface area contributed by atoms with Gasteiger partial charge in [0.15, 0.2) is 15.7 Å². The van der Waals surface area contributed by atoms with Crippen LogP contribution < -0.4 is 16.5 Å². The third-order valence-corrected chi connectivity index (χ3v) is 7.26. The molecule has 4 N–H and O–H groups in total. The van der Waals surface area contributed by atoms with E-state index >= 15 is 4.39 Å². The average molecular weight is 587 g/mol. The molecule has 0 heterocycles. The smallest absolute Gasteiger partial charge is 0.326 e. The van der Waals surface area contributed by atoms with Gasteiger partial charge in [-0.3, -0.25) is 5.43 Å².